The predicted octanol–water partition coefficient (Wildman–Crippen LogP) is 2.27. The number of carbonyl (C=O) groups excluding carboxylic acids is 2. The first kappa shape index (κ1) is 24.7. The smallest absolute Gasteiger partial charge is 0.407 e. The van der Waals surface area contributed by atoms with Crippen LogP contribution in [0.3, 0.4) is 0 Å². The third-order valence-electron chi connectivity index (χ3n) is 6.71. The van der Waals surface area contributed by atoms with E-state index in [1.165, 1.54) is 0 Å². The lowest BCUT2D eigenvalue weighted by Crippen LogP contribution is -2.53. The van der Waals surface area contributed by atoms with Crippen LogP contribution in [-0.2, 0) is 19.1 Å². The van der Waals surface area contributed by atoms with Gasteiger partial charge in [-0.3, -0.25) is 4.79 Å². The average molecular weight is 483 g/mol. The first-order valence-corrected chi connectivity index (χ1v) is 11.8. The molecule has 9 heteroatoms. The van der Waals surface area contributed by atoms with Gasteiger partial charge in [0.05, 0.1) is 12.0 Å². The van der Waals surface area contributed by atoms with Gasteiger partial charge in [0.2, 0.25) is 5.91 Å². The number of aliphatic hydroxyl groups excluding tert-OH is 1. The van der Waals surface area contributed by atoms with E-state index in [-0.39, 0.29) is 44.5 Å². The number of hydrogen-bond acceptors (Lipinski definition) is 6. The summed E-state index contributed by atoms with van der Waals surface area (Å²) in [5.41, 5.74) is 3.52. The van der Waals surface area contributed by atoms with Crippen LogP contribution < -0.4 is 10.6 Å². The highest BCUT2D eigenvalue weighted by molar-refractivity contribution is 5.84. The number of nitrogens with one attached hydrogen (secondary N) is 2. The summed E-state index contributed by atoms with van der Waals surface area (Å²) < 4.78 is 11.1. The number of carboxylic acids is 1. The molecule has 0 radical (unpaired) electrons. The van der Waals surface area contributed by atoms with E-state index >= 15 is 0 Å². The first-order valence-electron chi connectivity index (χ1n) is 11.8. The summed E-state index contributed by atoms with van der Waals surface area (Å²) in [5.74, 6) is -1.76. The van der Waals surface area contributed by atoms with Crippen LogP contribution in [0, 0.1) is 5.41 Å². The van der Waals surface area contributed by atoms with E-state index in [9.17, 15) is 19.5 Å². The molecule has 0 bridgehead atoms. The Morgan fingerprint density at radius 3 is 2.31 bits per heavy atom. The van der Waals surface area contributed by atoms with Crippen LogP contribution in [-0.4, -0.2) is 67.2 Å². The Morgan fingerprint density at radius 1 is 1.06 bits per heavy atom. The number of benzene rings is 2. The molecule has 2 aromatic rings. The summed E-state index contributed by atoms with van der Waals surface area (Å²) in [5, 5.41) is 23.6. The Hall–Kier alpha value is -3.43. The third kappa shape index (κ3) is 5.47. The number of aliphatic carboxylic acids is 1. The number of carbonyl (C=O) groups is 3. The molecule has 0 saturated carbocycles. The molecule has 2 unspecified atom stereocenters. The molecule has 0 spiro atoms. The van der Waals surface area contributed by atoms with Crippen LogP contribution in [0.2, 0.25) is 0 Å². The number of fused-ring (bicyclic) bond motifs is 3. The molecule has 4 N–H and O–H groups in total. The zero-order chi connectivity index (χ0) is 24.8. The highest BCUT2D eigenvalue weighted by Gasteiger charge is 2.41. The SMILES string of the molecule is O=C(NCC1(C(=O)NCCC(O)C(=O)O)CCCOC1)OCC1c2ccccc2-c2ccccc21. The topological polar surface area (TPSA) is 134 Å². The summed E-state index contributed by atoms with van der Waals surface area (Å²) in [7, 11) is 0. The minimum Gasteiger partial charge on any atom is -0.479 e. The zero-order valence-electron chi connectivity index (χ0n) is 19.4. The molecule has 2 aromatic carbocycles. The Balaban J connectivity index is 1.34. The van der Waals surface area contributed by atoms with E-state index in [4.69, 9.17) is 14.6 Å². The predicted molar refractivity (Wildman–Crippen MR) is 127 cm³/mol. The van der Waals surface area contributed by atoms with E-state index in [1.807, 2.05) is 36.4 Å². The quantitative estimate of drug-likeness (QED) is 0.431. The van der Waals surface area contributed by atoms with Crippen LogP contribution in [0.15, 0.2) is 48.5 Å². The maximum absolute atomic E-state index is 12.9. The number of aliphatic hydroxyl groups is 1. The Labute approximate surface area is 203 Å². The molecule has 1 heterocycles. The van der Waals surface area contributed by atoms with Gasteiger partial charge in [-0.1, -0.05) is 48.5 Å². The molecular weight excluding hydrogens is 452 g/mol. The largest absolute Gasteiger partial charge is 0.479 e. The molecule has 1 aliphatic carbocycles. The number of rotatable bonds is 9. The molecule has 2 amide bonds. The van der Waals surface area contributed by atoms with Gasteiger partial charge in [0, 0.05) is 32.0 Å². The van der Waals surface area contributed by atoms with Crippen molar-refractivity contribution in [1.82, 2.24) is 10.6 Å². The molecule has 1 aliphatic heterocycles. The average Bonchev–Trinajstić information content (AvgIpc) is 3.20. The zero-order valence-corrected chi connectivity index (χ0v) is 19.4. The van der Waals surface area contributed by atoms with Crippen molar-refractivity contribution in [3.05, 3.63) is 59.7 Å². The second-order valence-electron chi connectivity index (χ2n) is 9.01. The summed E-state index contributed by atoms with van der Waals surface area (Å²) in [4.78, 5) is 36.3. The lowest BCUT2D eigenvalue weighted by molar-refractivity contribution is -0.147. The van der Waals surface area contributed by atoms with E-state index in [1.54, 1.807) is 0 Å². The molecule has 4 rings (SSSR count). The van der Waals surface area contributed by atoms with Crippen molar-refractivity contribution >= 4 is 18.0 Å². The molecule has 35 heavy (non-hydrogen) atoms. The minimum absolute atomic E-state index is 0.000998. The van der Waals surface area contributed by atoms with Gasteiger partial charge in [-0.25, -0.2) is 9.59 Å². The van der Waals surface area contributed by atoms with Gasteiger partial charge in [-0.2, -0.15) is 0 Å². The van der Waals surface area contributed by atoms with Crippen molar-refractivity contribution in [2.45, 2.75) is 31.3 Å². The highest BCUT2D eigenvalue weighted by atomic mass is 16.5. The van der Waals surface area contributed by atoms with Gasteiger partial charge < -0.3 is 30.3 Å². The standard InChI is InChI=1S/C26H30N2O7/c29-22(23(30)31)10-12-27-24(32)26(11-5-13-34-16-26)15-28-25(33)35-14-21-19-8-3-1-6-17(19)18-7-2-4-9-20(18)21/h1-4,6-9,21-22,29H,5,10-16H2,(H,27,32)(H,28,33)(H,30,31). The first-order chi connectivity index (χ1) is 16.9. The fourth-order valence-electron chi connectivity index (χ4n) is 4.78. The van der Waals surface area contributed by atoms with Crippen LogP contribution >= 0.6 is 0 Å². The van der Waals surface area contributed by atoms with Crippen molar-refractivity contribution in [2.75, 3.05) is 32.9 Å². The summed E-state index contributed by atoms with van der Waals surface area (Å²) in [6.07, 6.45) is -1.13. The number of carboxylic acid groups (broad SMARTS) is 1. The van der Waals surface area contributed by atoms with Crippen molar-refractivity contribution in [3.63, 3.8) is 0 Å². The summed E-state index contributed by atoms with van der Waals surface area (Å²) in [6.45, 7) is 0.848. The van der Waals surface area contributed by atoms with Gasteiger partial charge in [0.15, 0.2) is 6.10 Å². The maximum atomic E-state index is 12.9. The second-order valence-corrected chi connectivity index (χ2v) is 9.01. The lowest BCUT2D eigenvalue weighted by Gasteiger charge is -2.35. The molecular formula is C26H30N2O7. The fraction of sp³-hybridized carbons (Fsp3) is 0.423. The van der Waals surface area contributed by atoms with Crippen LogP contribution in [0.5, 0.6) is 0 Å². The lowest BCUT2D eigenvalue weighted by atomic mass is 9.81. The van der Waals surface area contributed by atoms with E-state index in [0.29, 0.717) is 19.4 Å². The van der Waals surface area contributed by atoms with E-state index in [0.717, 1.165) is 22.3 Å². The van der Waals surface area contributed by atoms with Gasteiger partial charge in [-0.15, -0.1) is 0 Å². The number of alkyl carbamates (subject to hydrolysis) is 1. The highest BCUT2D eigenvalue weighted by Crippen LogP contribution is 2.44. The van der Waals surface area contributed by atoms with Crippen LogP contribution in [0.1, 0.15) is 36.3 Å². The molecule has 1 saturated heterocycles. The summed E-state index contributed by atoms with van der Waals surface area (Å²) in [6, 6.07) is 16.1. The van der Waals surface area contributed by atoms with Gasteiger partial charge in [0.1, 0.15) is 6.61 Å². The second kappa shape index (κ2) is 10.9. The molecule has 0 aromatic heterocycles. The summed E-state index contributed by atoms with van der Waals surface area (Å²) >= 11 is 0. The fourth-order valence-corrected chi connectivity index (χ4v) is 4.78. The van der Waals surface area contributed by atoms with Gasteiger partial charge in [0.25, 0.3) is 0 Å². The molecule has 9 nitrogen and oxygen atoms in total. The number of hydrogen-bond donors (Lipinski definition) is 4. The maximum Gasteiger partial charge on any atom is 0.407 e. The molecule has 2 atom stereocenters. The Bertz CT molecular complexity index is 1040. The number of ether oxygens (including phenoxy) is 2. The van der Waals surface area contributed by atoms with Crippen LogP contribution in [0.25, 0.3) is 11.1 Å². The Kier molecular flexibility index (Phi) is 7.67. The normalized spacial score (nSPS) is 19.8. The Morgan fingerprint density at radius 2 is 1.71 bits per heavy atom. The van der Waals surface area contributed by atoms with Crippen LogP contribution in [0.4, 0.5) is 4.79 Å². The van der Waals surface area contributed by atoms with Crippen molar-refractivity contribution in [3.8, 4) is 11.1 Å². The number of amides is 2. The van der Waals surface area contributed by atoms with Crippen molar-refractivity contribution < 1.29 is 34.1 Å². The van der Waals surface area contributed by atoms with Gasteiger partial charge in [-0.05, 0) is 35.1 Å². The van der Waals surface area contributed by atoms with Crippen molar-refractivity contribution in [1.29, 1.82) is 0 Å². The molecule has 1 fully saturated rings. The molecule has 186 valence electrons. The van der Waals surface area contributed by atoms with Crippen molar-refractivity contribution in [2.24, 2.45) is 5.41 Å². The molecule has 2 aliphatic rings. The monoisotopic (exact) mass is 482 g/mol. The van der Waals surface area contributed by atoms with Gasteiger partial charge >= 0.3 is 12.1 Å². The minimum atomic E-state index is -1.55. The van der Waals surface area contributed by atoms with E-state index in [2.05, 4.69) is 22.8 Å². The van der Waals surface area contributed by atoms with E-state index < -0.39 is 23.6 Å². The third-order valence-corrected chi connectivity index (χ3v) is 6.71.